The molecular formula is C23H26ClFN4O2. The minimum Gasteiger partial charge on any atom is -0.444 e. The predicted octanol–water partition coefficient (Wildman–Crippen LogP) is 5.97. The van der Waals surface area contributed by atoms with E-state index in [1.165, 1.54) is 6.07 Å². The normalized spacial score (nSPS) is 19.4. The van der Waals surface area contributed by atoms with Crippen LogP contribution in [0.4, 0.5) is 9.18 Å². The minimum atomic E-state index is -0.558. The van der Waals surface area contributed by atoms with Crippen LogP contribution in [0.25, 0.3) is 22.3 Å². The van der Waals surface area contributed by atoms with Gasteiger partial charge in [0.05, 0.1) is 10.7 Å². The summed E-state index contributed by atoms with van der Waals surface area (Å²) in [4.78, 5) is 24.0. The van der Waals surface area contributed by atoms with E-state index in [1.54, 1.807) is 18.3 Å². The molecular weight excluding hydrogens is 419 g/mol. The summed E-state index contributed by atoms with van der Waals surface area (Å²) >= 11 is 6.42. The minimum absolute atomic E-state index is 0.0425. The lowest BCUT2D eigenvalue weighted by Gasteiger charge is -2.30. The molecule has 31 heavy (non-hydrogen) atoms. The van der Waals surface area contributed by atoms with E-state index in [9.17, 15) is 9.18 Å². The van der Waals surface area contributed by atoms with Gasteiger partial charge in [0.25, 0.3) is 0 Å². The molecule has 2 unspecified atom stereocenters. The fourth-order valence-electron chi connectivity index (χ4n) is 4.18. The number of fused-ring (bicyclic) bond motifs is 1. The number of ether oxygens (including phenoxy) is 1. The molecule has 4 rings (SSSR count). The standard InChI is InChI=1S/C23H26ClFN4O2/c1-23(2,3)31-22(30)27-14-7-4-6-13(10-14)18-11-15-20(16(24)12-26-21(15)29-18)17-8-5-9-19(25)28-17/h5,8-9,11-14H,4,6-7,10H2,1-3H3,(H,26,29)(H,27,30). The second kappa shape index (κ2) is 8.46. The summed E-state index contributed by atoms with van der Waals surface area (Å²) in [6.45, 7) is 5.55. The largest absolute Gasteiger partial charge is 0.444 e. The topological polar surface area (TPSA) is 79.9 Å². The van der Waals surface area contributed by atoms with Crippen molar-refractivity contribution in [2.45, 2.75) is 64.0 Å². The van der Waals surface area contributed by atoms with Crippen LogP contribution in [0.5, 0.6) is 0 Å². The van der Waals surface area contributed by atoms with Crippen molar-refractivity contribution < 1.29 is 13.9 Å². The number of aromatic nitrogens is 3. The fraction of sp³-hybridized carbons (Fsp3) is 0.435. The van der Waals surface area contributed by atoms with E-state index in [0.29, 0.717) is 21.9 Å². The molecule has 1 fully saturated rings. The molecule has 1 saturated carbocycles. The number of hydrogen-bond acceptors (Lipinski definition) is 4. The van der Waals surface area contributed by atoms with Gasteiger partial charge in [0.1, 0.15) is 11.2 Å². The molecule has 8 heteroatoms. The number of nitrogens with one attached hydrogen (secondary N) is 2. The monoisotopic (exact) mass is 444 g/mol. The third kappa shape index (κ3) is 4.98. The molecule has 1 amide bonds. The molecule has 2 N–H and O–H groups in total. The van der Waals surface area contributed by atoms with Gasteiger partial charge in [-0.15, -0.1) is 0 Å². The Labute approximate surface area is 185 Å². The molecule has 3 aromatic heterocycles. The Kier molecular flexibility index (Phi) is 5.88. The second-order valence-corrected chi connectivity index (χ2v) is 9.43. The van der Waals surface area contributed by atoms with Crippen LogP contribution >= 0.6 is 11.6 Å². The summed E-state index contributed by atoms with van der Waals surface area (Å²) in [7, 11) is 0. The molecule has 3 aromatic rings. The van der Waals surface area contributed by atoms with Crippen molar-refractivity contribution in [1.29, 1.82) is 0 Å². The predicted molar refractivity (Wildman–Crippen MR) is 119 cm³/mol. The Morgan fingerprint density at radius 3 is 2.87 bits per heavy atom. The molecule has 1 aliphatic carbocycles. The maximum atomic E-state index is 13.7. The van der Waals surface area contributed by atoms with Crippen molar-refractivity contribution in [3.63, 3.8) is 0 Å². The van der Waals surface area contributed by atoms with Crippen LogP contribution < -0.4 is 5.32 Å². The first-order chi connectivity index (χ1) is 14.7. The first-order valence-electron chi connectivity index (χ1n) is 10.5. The van der Waals surface area contributed by atoms with Gasteiger partial charge in [-0.25, -0.2) is 14.8 Å². The zero-order chi connectivity index (χ0) is 22.2. The van der Waals surface area contributed by atoms with Gasteiger partial charge in [-0.2, -0.15) is 4.39 Å². The summed E-state index contributed by atoms with van der Waals surface area (Å²) < 4.78 is 19.1. The highest BCUT2D eigenvalue weighted by atomic mass is 35.5. The molecule has 0 saturated heterocycles. The van der Waals surface area contributed by atoms with Crippen molar-refractivity contribution in [3.05, 3.63) is 47.1 Å². The van der Waals surface area contributed by atoms with E-state index in [0.717, 1.165) is 36.8 Å². The van der Waals surface area contributed by atoms with E-state index in [2.05, 4.69) is 20.3 Å². The van der Waals surface area contributed by atoms with Crippen molar-refractivity contribution >= 4 is 28.7 Å². The molecule has 6 nitrogen and oxygen atoms in total. The van der Waals surface area contributed by atoms with Crippen LogP contribution in [0.3, 0.4) is 0 Å². The Bertz CT molecular complexity index is 1110. The van der Waals surface area contributed by atoms with E-state index < -0.39 is 11.5 Å². The number of rotatable bonds is 3. The van der Waals surface area contributed by atoms with Crippen LogP contribution in [-0.2, 0) is 4.74 Å². The van der Waals surface area contributed by atoms with Crippen molar-refractivity contribution in [2.75, 3.05) is 0 Å². The SMILES string of the molecule is CC(C)(C)OC(=O)NC1CCCC(c2cc3c(-c4cccc(F)n4)c(Cl)cnc3[nH]2)C1. The highest BCUT2D eigenvalue weighted by molar-refractivity contribution is 6.34. The van der Waals surface area contributed by atoms with Crippen molar-refractivity contribution in [3.8, 4) is 11.3 Å². The maximum absolute atomic E-state index is 13.7. The number of carbonyl (C=O) groups is 1. The van der Waals surface area contributed by atoms with Crippen LogP contribution in [0, 0.1) is 5.95 Å². The summed E-state index contributed by atoms with van der Waals surface area (Å²) in [5, 5.41) is 4.23. The summed E-state index contributed by atoms with van der Waals surface area (Å²) in [6.07, 6.45) is 4.88. The third-order valence-corrected chi connectivity index (χ3v) is 5.73. The Balaban J connectivity index is 1.59. The fourth-order valence-corrected chi connectivity index (χ4v) is 4.42. The van der Waals surface area contributed by atoms with Gasteiger partial charge in [0.15, 0.2) is 0 Å². The molecule has 0 spiro atoms. The number of H-pyrrole nitrogens is 1. The molecule has 1 aliphatic rings. The van der Waals surface area contributed by atoms with Crippen LogP contribution in [-0.4, -0.2) is 32.7 Å². The van der Waals surface area contributed by atoms with Gasteiger partial charge in [-0.05, 0) is 58.2 Å². The van der Waals surface area contributed by atoms with Crippen molar-refractivity contribution in [1.82, 2.24) is 20.3 Å². The smallest absolute Gasteiger partial charge is 0.407 e. The molecule has 0 aromatic carbocycles. The van der Waals surface area contributed by atoms with E-state index in [-0.39, 0.29) is 18.1 Å². The Morgan fingerprint density at radius 1 is 1.32 bits per heavy atom. The van der Waals surface area contributed by atoms with Crippen molar-refractivity contribution in [2.24, 2.45) is 0 Å². The quantitative estimate of drug-likeness (QED) is 0.488. The average molecular weight is 445 g/mol. The number of amides is 1. The lowest BCUT2D eigenvalue weighted by Crippen LogP contribution is -2.41. The van der Waals surface area contributed by atoms with E-state index >= 15 is 0 Å². The first kappa shape index (κ1) is 21.6. The molecule has 0 bridgehead atoms. The first-order valence-corrected chi connectivity index (χ1v) is 10.9. The maximum Gasteiger partial charge on any atom is 0.407 e. The van der Waals surface area contributed by atoms with Gasteiger partial charge in [-0.3, -0.25) is 0 Å². The number of alkyl carbamates (subject to hydrolysis) is 1. The van der Waals surface area contributed by atoms with Gasteiger partial charge >= 0.3 is 6.09 Å². The van der Waals surface area contributed by atoms with Crippen LogP contribution in [0.2, 0.25) is 5.02 Å². The number of pyridine rings is 2. The number of carbonyl (C=O) groups excluding carboxylic acids is 1. The van der Waals surface area contributed by atoms with Crippen LogP contribution in [0.15, 0.2) is 30.5 Å². The molecule has 3 heterocycles. The van der Waals surface area contributed by atoms with Gasteiger partial charge in [-0.1, -0.05) is 24.1 Å². The zero-order valence-corrected chi connectivity index (χ0v) is 18.6. The average Bonchev–Trinajstić information content (AvgIpc) is 3.10. The zero-order valence-electron chi connectivity index (χ0n) is 17.8. The lowest BCUT2D eigenvalue weighted by molar-refractivity contribution is 0.0490. The number of halogens is 2. The van der Waals surface area contributed by atoms with Gasteiger partial charge < -0.3 is 15.0 Å². The number of hydrogen-bond donors (Lipinski definition) is 2. The number of aromatic amines is 1. The molecule has 164 valence electrons. The molecule has 2 atom stereocenters. The second-order valence-electron chi connectivity index (χ2n) is 9.02. The number of nitrogens with zero attached hydrogens (tertiary/aromatic N) is 2. The highest BCUT2D eigenvalue weighted by Gasteiger charge is 2.28. The summed E-state index contributed by atoms with van der Waals surface area (Å²) in [6, 6.07) is 6.72. The van der Waals surface area contributed by atoms with E-state index in [4.69, 9.17) is 16.3 Å². The molecule has 0 radical (unpaired) electrons. The Hall–Kier alpha value is -2.67. The lowest BCUT2D eigenvalue weighted by atomic mass is 9.83. The molecule has 0 aliphatic heterocycles. The summed E-state index contributed by atoms with van der Waals surface area (Å²) in [5.74, 6) is -0.326. The van der Waals surface area contributed by atoms with E-state index in [1.807, 2.05) is 26.8 Å². The summed E-state index contributed by atoms with van der Waals surface area (Å²) in [5.41, 5.74) is 2.31. The third-order valence-electron chi connectivity index (χ3n) is 5.44. The van der Waals surface area contributed by atoms with Gasteiger partial charge in [0.2, 0.25) is 5.95 Å². The highest BCUT2D eigenvalue weighted by Crippen LogP contribution is 2.38. The Morgan fingerprint density at radius 2 is 2.13 bits per heavy atom. The van der Waals surface area contributed by atoms with Gasteiger partial charge in [0, 0.05) is 34.8 Å². The van der Waals surface area contributed by atoms with Crippen LogP contribution in [0.1, 0.15) is 58.1 Å².